The van der Waals surface area contributed by atoms with Gasteiger partial charge in [0.05, 0.1) is 6.61 Å². The Morgan fingerprint density at radius 2 is 2.25 bits per heavy atom. The first-order valence-corrected chi connectivity index (χ1v) is 6.04. The zero-order valence-electron chi connectivity index (χ0n) is 9.44. The van der Waals surface area contributed by atoms with E-state index >= 15 is 0 Å². The molecule has 0 aliphatic carbocycles. The fourth-order valence-electron chi connectivity index (χ4n) is 1.20. The van der Waals surface area contributed by atoms with Crippen molar-refractivity contribution in [2.24, 2.45) is 0 Å². The summed E-state index contributed by atoms with van der Waals surface area (Å²) in [7, 11) is 1.60. The Balaban J connectivity index is 2.74. The second kappa shape index (κ2) is 6.12. The number of nitrogens with zero attached hydrogens (tertiary/aromatic N) is 3. The van der Waals surface area contributed by atoms with E-state index in [9.17, 15) is 4.79 Å². The van der Waals surface area contributed by atoms with Crippen LogP contribution in [-0.4, -0.2) is 47.3 Å². The molecule has 1 amide bonds. The van der Waals surface area contributed by atoms with Gasteiger partial charge in [0.25, 0.3) is 5.91 Å². The summed E-state index contributed by atoms with van der Waals surface area (Å²) >= 11 is 6.73. The van der Waals surface area contributed by atoms with Gasteiger partial charge < -0.3 is 9.64 Å². The number of hydrogen-bond donors (Lipinski definition) is 0. The van der Waals surface area contributed by atoms with E-state index in [1.54, 1.807) is 12.0 Å². The molecule has 0 fully saturated rings. The number of hydrogen-bond acceptors (Lipinski definition) is 5. The van der Waals surface area contributed by atoms with Crippen LogP contribution in [0.4, 0.5) is 0 Å². The molecule has 90 valence electrons. The minimum absolute atomic E-state index is 0.0883. The minimum Gasteiger partial charge on any atom is -0.383 e. The largest absolute Gasteiger partial charge is 0.383 e. The van der Waals surface area contributed by atoms with Crippen molar-refractivity contribution in [2.75, 3.05) is 20.3 Å². The van der Waals surface area contributed by atoms with Crippen molar-refractivity contribution in [3.8, 4) is 0 Å². The molecule has 1 aromatic heterocycles. The number of ether oxygens (including phenoxy) is 1. The van der Waals surface area contributed by atoms with E-state index in [4.69, 9.17) is 16.3 Å². The van der Waals surface area contributed by atoms with Crippen LogP contribution in [0.25, 0.3) is 0 Å². The SMILES string of the molecule is COCCN(C(=O)c1nnc(Cl)s1)C(C)C. The highest BCUT2D eigenvalue weighted by Crippen LogP contribution is 2.17. The monoisotopic (exact) mass is 263 g/mol. The third kappa shape index (κ3) is 3.40. The maximum Gasteiger partial charge on any atom is 0.285 e. The molecule has 0 aliphatic heterocycles. The molecule has 0 spiro atoms. The van der Waals surface area contributed by atoms with E-state index in [1.807, 2.05) is 13.8 Å². The number of rotatable bonds is 5. The number of amides is 1. The highest BCUT2D eigenvalue weighted by atomic mass is 35.5. The highest BCUT2D eigenvalue weighted by Gasteiger charge is 2.21. The van der Waals surface area contributed by atoms with Gasteiger partial charge in [-0.25, -0.2) is 0 Å². The van der Waals surface area contributed by atoms with Gasteiger partial charge >= 0.3 is 0 Å². The topological polar surface area (TPSA) is 55.3 Å². The number of aromatic nitrogens is 2. The molecule has 1 rings (SSSR count). The quantitative estimate of drug-likeness (QED) is 0.811. The molecule has 0 atom stereocenters. The van der Waals surface area contributed by atoms with Crippen molar-refractivity contribution in [1.82, 2.24) is 15.1 Å². The lowest BCUT2D eigenvalue weighted by Crippen LogP contribution is -2.39. The summed E-state index contributed by atoms with van der Waals surface area (Å²) in [5.74, 6) is -0.156. The molecule has 16 heavy (non-hydrogen) atoms. The zero-order chi connectivity index (χ0) is 12.1. The Labute approximate surface area is 103 Å². The number of carbonyl (C=O) groups is 1. The molecule has 1 heterocycles. The van der Waals surface area contributed by atoms with Gasteiger partial charge in [0, 0.05) is 19.7 Å². The Morgan fingerprint density at radius 3 is 2.69 bits per heavy atom. The summed E-state index contributed by atoms with van der Waals surface area (Å²) in [5.41, 5.74) is 0. The summed E-state index contributed by atoms with van der Waals surface area (Å²) in [6.45, 7) is 4.91. The first kappa shape index (κ1) is 13.3. The van der Waals surface area contributed by atoms with Crippen molar-refractivity contribution in [2.45, 2.75) is 19.9 Å². The Kier molecular flexibility index (Phi) is 5.11. The summed E-state index contributed by atoms with van der Waals surface area (Å²) in [4.78, 5) is 13.7. The average Bonchev–Trinajstić information content (AvgIpc) is 2.64. The Bertz CT molecular complexity index is 356. The van der Waals surface area contributed by atoms with Gasteiger partial charge in [-0.3, -0.25) is 4.79 Å². The molecule has 7 heteroatoms. The molecule has 0 saturated carbocycles. The molecule has 5 nitrogen and oxygen atoms in total. The normalized spacial score (nSPS) is 10.8. The molecule has 0 saturated heterocycles. The summed E-state index contributed by atoms with van der Waals surface area (Å²) in [6, 6.07) is 0.0883. The van der Waals surface area contributed by atoms with Crippen LogP contribution in [-0.2, 0) is 4.74 Å². The minimum atomic E-state index is -0.156. The predicted molar refractivity (Wildman–Crippen MR) is 63.0 cm³/mol. The van der Waals surface area contributed by atoms with Crippen LogP contribution in [0.15, 0.2) is 0 Å². The van der Waals surface area contributed by atoms with Crippen molar-refractivity contribution in [3.05, 3.63) is 9.47 Å². The van der Waals surface area contributed by atoms with E-state index in [0.717, 1.165) is 11.3 Å². The second-order valence-electron chi connectivity index (χ2n) is 3.45. The maximum atomic E-state index is 12.0. The number of carbonyl (C=O) groups excluding carboxylic acids is 1. The first-order chi connectivity index (χ1) is 7.56. The van der Waals surface area contributed by atoms with Gasteiger partial charge in [-0.1, -0.05) is 11.3 Å². The van der Waals surface area contributed by atoms with E-state index in [-0.39, 0.29) is 16.4 Å². The lowest BCUT2D eigenvalue weighted by atomic mass is 10.3. The Morgan fingerprint density at radius 1 is 1.56 bits per heavy atom. The molecule has 0 aliphatic rings. The van der Waals surface area contributed by atoms with Gasteiger partial charge in [0.1, 0.15) is 0 Å². The standard InChI is InChI=1S/C9H14ClN3O2S/c1-6(2)13(4-5-15-3)8(14)7-11-12-9(10)16-7/h6H,4-5H2,1-3H3. The first-order valence-electron chi connectivity index (χ1n) is 4.85. The maximum absolute atomic E-state index is 12.0. The van der Waals surface area contributed by atoms with Crippen LogP contribution >= 0.6 is 22.9 Å². The van der Waals surface area contributed by atoms with Crippen molar-refractivity contribution in [1.29, 1.82) is 0 Å². The van der Waals surface area contributed by atoms with Gasteiger partial charge in [-0.15, -0.1) is 10.2 Å². The average molecular weight is 264 g/mol. The molecule has 0 unspecified atom stereocenters. The Hall–Kier alpha value is -0.720. The molecular formula is C9H14ClN3O2S. The van der Waals surface area contributed by atoms with Crippen molar-refractivity contribution >= 4 is 28.8 Å². The fraction of sp³-hybridized carbons (Fsp3) is 0.667. The van der Waals surface area contributed by atoms with Gasteiger partial charge in [-0.2, -0.15) is 0 Å². The third-order valence-corrected chi connectivity index (χ3v) is 3.01. The second-order valence-corrected chi connectivity index (χ2v) is 5.00. The van der Waals surface area contributed by atoms with Crippen molar-refractivity contribution < 1.29 is 9.53 Å². The number of halogens is 1. The van der Waals surface area contributed by atoms with Crippen LogP contribution in [0.5, 0.6) is 0 Å². The van der Waals surface area contributed by atoms with Crippen LogP contribution in [0.1, 0.15) is 23.6 Å². The smallest absolute Gasteiger partial charge is 0.285 e. The van der Waals surface area contributed by atoms with Gasteiger partial charge in [0.15, 0.2) is 0 Å². The summed E-state index contributed by atoms with van der Waals surface area (Å²) in [6.07, 6.45) is 0. The lowest BCUT2D eigenvalue weighted by molar-refractivity contribution is 0.0634. The predicted octanol–water partition coefficient (Wildman–Crippen LogP) is 1.69. The van der Waals surface area contributed by atoms with Gasteiger partial charge in [0.2, 0.25) is 9.47 Å². The number of methoxy groups -OCH3 is 1. The van der Waals surface area contributed by atoms with E-state index < -0.39 is 0 Å². The van der Waals surface area contributed by atoms with Crippen LogP contribution in [0.3, 0.4) is 0 Å². The van der Waals surface area contributed by atoms with E-state index in [2.05, 4.69) is 10.2 Å². The molecule has 0 aromatic carbocycles. The van der Waals surface area contributed by atoms with E-state index in [1.165, 1.54) is 0 Å². The van der Waals surface area contributed by atoms with E-state index in [0.29, 0.717) is 18.2 Å². The molecule has 0 N–H and O–H groups in total. The van der Waals surface area contributed by atoms with Gasteiger partial charge in [-0.05, 0) is 25.4 Å². The van der Waals surface area contributed by atoms with Crippen LogP contribution < -0.4 is 0 Å². The molecule has 0 radical (unpaired) electrons. The molecule has 0 bridgehead atoms. The molecular weight excluding hydrogens is 250 g/mol. The van der Waals surface area contributed by atoms with Crippen LogP contribution in [0.2, 0.25) is 4.47 Å². The highest BCUT2D eigenvalue weighted by molar-refractivity contribution is 7.17. The summed E-state index contributed by atoms with van der Waals surface area (Å²) in [5, 5.41) is 7.66. The van der Waals surface area contributed by atoms with Crippen molar-refractivity contribution in [3.63, 3.8) is 0 Å². The summed E-state index contributed by atoms with van der Waals surface area (Å²) < 4.78 is 5.24. The molecule has 1 aromatic rings. The third-order valence-electron chi connectivity index (χ3n) is 2.00. The fourth-order valence-corrected chi connectivity index (χ4v) is 1.98. The zero-order valence-corrected chi connectivity index (χ0v) is 11.0. The van der Waals surface area contributed by atoms with Crippen LogP contribution in [0, 0.1) is 0 Å². The lowest BCUT2D eigenvalue weighted by Gasteiger charge is -2.25.